The van der Waals surface area contributed by atoms with Crippen molar-refractivity contribution in [3.63, 3.8) is 0 Å². The third-order valence-electron chi connectivity index (χ3n) is 4.47. The van der Waals surface area contributed by atoms with Crippen LogP contribution in [0.5, 0.6) is 0 Å². The number of hydrogen-bond donors (Lipinski definition) is 1. The van der Waals surface area contributed by atoms with E-state index in [1.54, 1.807) is 24.3 Å². The zero-order chi connectivity index (χ0) is 23.5. The summed E-state index contributed by atoms with van der Waals surface area (Å²) in [5, 5.41) is 2.35. The molecule has 3 rings (SSSR count). The van der Waals surface area contributed by atoms with Crippen molar-refractivity contribution in [1.82, 2.24) is 0 Å². The lowest BCUT2D eigenvalue weighted by Crippen LogP contribution is -2.38. The molecule has 168 valence electrons. The van der Waals surface area contributed by atoms with Crippen molar-refractivity contribution in [2.45, 2.75) is 18.0 Å². The molecule has 0 unspecified atom stereocenters. The van der Waals surface area contributed by atoms with Crippen LogP contribution in [0.3, 0.4) is 0 Å². The normalized spacial score (nSPS) is 11.8. The van der Waals surface area contributed by atoms with Gasteiger partial charge in [0.25, 0.3) is 10.0 Å². The maximum absolute atomic E-state index is 13.3. The minimum atomic E-state index is -4.57. The quantitative estimate of drug-likeness (QED) is 0.453. The van der Waals surface area contributed by atoms with Crippen molar-refractivity contribution < 1.29 is 26.4 Å². The summed E-state index contributed by atoms with van der Waals surface area (Å²) in [6, 6.07) is 16.6. The summed E-state index contributed by atoms with van der Waals surface area (Å²) in [4.78, 5) is 12.6. The number of hydrogen-bond acceptors (Lipinski definition) is 3. The average Bonchev–Trinajstić information content (AvgIpc) is 2.72. The average molecular weight is 527 g/mol. The standard InChI is InChI=1S/C22H18BrF3N2O3S/c1-15-8-10-20(11-9-15)32(30,31)28(19-7-3-5-17(23)13-19)14-21(29)27-18-6-2-4-16(12-18)22(24,25)26/h2-13H,14H2,1H3,(H,27,29). The molecule has 0 heterocycles. The van der Waals surface area contributed by atoms with Crippen LogP contribution in [0.15, 0.2) is 82.2 Å². The fraction of sp³-hybridized carbons (Fsp3) is 0.136. The largest absolute Gasteiger partial charge is 0.416 e. The van der Waals surface area contributed by atoms with Gasteiger partial charge in [-0.2, -0.15) is 13.2 Å². The molecule has 10 heteroatoms. The van der Waals surface area contributed by atoms with Crippen LogP contribution in [0.25, 0.3) is 0 Å². The molecule has 0 aliphatic rings. The van der Waals surface area contributed by atoms with E-state index in [1.165, 1.54) is 30.3 Å². The van der Waals surface area contributed by atoms with Gasteiger partial charge in [-0.1, -0.05) is 45.8 Å². The first-order chi connectivity index (χ1) is 15.0. The molecule has 1 amide bonds. The van der Waals surface area contributed by atoms with Crippen molar-refractivity contribution in [3.8, 4) is 0 Å². The van der Waals surface area contributed by atoms with Gasteiger partial charge in [0.1, 0.15) is 6.54 Å². The molecule has 3 aromatic carbocycles. The Kier molecular flexibility index (Phi) is 6.94. The molecule has 0 aliphatic carbocycles. The number of aryl methyl sites for hydroxylation is 1. The fourth-order valence-electron chi connectivity index (χ4n) is 2.89. The molecule has 32 heavy (non-hydrogen) atoms. The second-order valence-electron chi connectivity index (χ2n) is 6.93. The Morgan fingerprint density at radius 3 is 2.28 bits per heavy atom. The summed E-state index contributed by atoms with van der Waals surface area (Å²) < 4.78 is 67.0. The van der Waals surface area contributed by atoms with E-state index in [9.17, 15) is 26.4 Å². The predicted molar refractivity (Wildman–Crippen MR) is 120 cm³/mol. The van der Waals surface area contributed by atoms with Gasteiger partial charge < -0.3 is 5.32 Å². The number of nitrogens with zero attached hydrogens (tertiary/aromatic N) is 1. The van der Waals surface area contributed by atoms with Crippen molar-refractivity contribution in [2.24, 2.45) is 0 Å². The van der Waals surface area contributed by atoms with E-state index in [2.05, 4.69) is 21.2 Å². The molecule has 0 aliphatic heterocycles. The van der Waals surface area contributed by atoms with Gasteiger partial charge in [0.05, 0.1) is 16.1 Å². The first-order valence-electron chi connectivity index (χ1n) is 9.29. The van der Waals surface area contributed by atoms with Crippen LogP contribution < -0.4 is 9.62 Å². The molecule has 5 nitrogen and oxygen atoms in total. The summed E-state index contributed by atoms with van der Waals surface area (Å²) >= 11 is 3.28. The third kappa shape index (κ3) is 5.68. The van der Waals surface area contributed by atoms with E-state index < -0.39 is 34.2 Å². The number of benzene rings is 3. The summed E-state index contributed by atoms with van der Waals surface area (Å²) in [6.45, 7) is 1.17. The minimum Gasteiger partial charge on any atom is -0.325 e. The highest BCUT2D eigenvalue weighted by atomic mass is 79.9. The molecule has 0 radical (unpaired) electrons. The minimum absolute atomic E-state index is 0.0186. The number of sulfonamides is 1. The van der Waals surface area contributed by atoms with E-state index >= 15 is 0 Å². The van der Waals surface area contributed by atoms with Crippen LogP contribution in [0, 0.1) is 6.92 Å². The SMILES string of the molecule is Cc1ccc(S(=O)(=O)N(CC(=O)Nc2cccc(C(F)(F)F)c2)c2cccc(Br)c2)cc1. The predicted octanol–water partition coefficient (Wildman–Crippen LogP) is 5.61. The van der Waals surface area contributed by atoms with Crippen molar-refractivity contribution in [3.05, 3.63) is 88.4 Å². The van der Waals surface area contributed by atoms with Crippen LogP contribution in [-0.2, 0) is 21.0 Å². The summed E-state index contributed by atoms with van der Waals surface area (Å²) in [5.74, 6) is -0.792. The second-order valence-corrected chi connectivity index (χ2v) is 9.71. The number of rotatable bonds is 6. The lowest BCUT2D eigenvalue weighted by molar-refractivity contribution is -0.137. The van der Waals surface area contributed by atoms with Gasteiger partial charge in [0, 0.05) is 10.2 Å². The fourth-order valence-corrected chi connectivity index (χ4v) is 4.69. The first-order valence-corrected chi connectivity index (χ1v) is 11.5. The molecule has 0 aromatic heterocycles. The number of nitrogens with one attached hydrogen (secondary N) is 1. The van der Waals surface area contributed by atoms with Gasteiger partial charge in [-0.05, 0) is 55.5 Å². The molecule has 0 saturated heterocycles. The number of halogens is 4. The molecule has 0 atom stereocenters. The Hall–Kier alpha value is -2.85. The lowest BCUT2D eigenvalue weighted by atomic mass is 10.2. The number of anilines is 2. The molecule has 1 N–H and O–H groups in total. The Morgan fingerprint density at radius 1 is 1.00 bits per heavy atom. The van der Waals surface area contributed by atoms with E-state index in [1.807, 2.05) is 6.92 Å². The van der Waals surface area contributed by atoms with Gasteiger partial charge >= 0.3 is 6.18 Å². The van der Waals surface area contributed by atoms with E-state index in [0.717, 1.165) is 28.1 Å². The lowest BCUT2D eigenvalue weighted by Gasteiger charge is -2.24. The van der Waals surface area contributed by atoms with Gasteiger partial charge in [-0.3, -0.25) is 9.10 Å². The van der Waals surface area contributed by atoms with Crippen LogP contribution in [0.2, 0.25) is 0 Å². The van der Waals surface area contributed by atoms with Crippen LogP contribution >= 0.6 is 15.9 Å². The summed E-state index contributed by atoms with van der Waals surface area (Å²) in [5.41, 5.74) is 0.0672. The summed E-state index contributed by atoms with van der Waals surface area (Å²) in [7, 11) is -4.13. The highest BCUT2D eigenvalue weighted by molar-refractivity contribution is 9.10. The van der Waals surface area contributed by atoms with E-state index in [0.29, 0.717) is 4.47 Å². The van der Waals surface area contributed by atoms with E-state index in [-0.39, 0.29) is 16.3 Å². The van der Waals surface area contributed by atoms with E-state index in [4.69, 9.17) is 0 Å². The van der Waals surface area contributed by atoms with Crippen molar-refractivity contribution in [2.75, 3.05) is 16.2 Å². The Labute approximate surface area is 192 Å². The Bertz CT molecular complexity index is 1230. The molecule has 0 bridgehead atoms. The van der Waals surface area contributed by atoms with Gasteiger partial charge in [-0.25, -0.2) is 8.42 Å². The molecular formula is C22H18BrF3N2O3S. The first kappa shape index (κ1) is 23.8. The number of carbonyl (C=O) groups is 1. The number of alkyl halides is 3. The highest BCUT2D eigenvalue weighted by Crippen LogP contribution is 2.31. The highest BCUT2D eigenvalue weighted by Gasteiger charge is 2.31. The van der Waals surface area contributed by atoms with Gasteiger partial charge in [0.2, 0.25) is 5.91 Å². The zero-order valence-corrected chi connectivity index (χ0v) is 19.1. The molecule has 3 aromatic rings. The van der Waals surface area contributed by atoms with Gasteiger partial charge in [-0.15, -0.1) is 0 Å². The third-order valence-corrected chi connectivity index (χ3v) is 6.75. The molecule has 0 fully saturated rings. The number of carbonyl (C=O) groups excluding carboxylic acids is 1. The van der Waals surface area contributed by atoms with Crippen LogP contribution in [0.1, 0.15) is 11.1 Å². The van der Waals surface area contributed by atoms with Gasteiger partial charge in [0.15, 0.2) is 0 Å². The van der Waals surface area contributed by atoms with Crippen molar-refractivity contribution >= 4 is 43.2 Å². The topological polar surface area (TPSA) is 66.5 Å². The van der Waals surface area contributed by atoms with Crippen molar-refractivity contribution in [1.29, 1.82) is 0 Å². The summed E-state index contributed by atoms with van der Waals surface area (Å²) in [6.07, 6.45) is -4.57. The second kappa shape index (κ2) is 9.33. The number of amides is 1. The van der Waals surface area contributed by atoms with Crippen LogP contribution in [0.4, 0.5) is 24.5 Å². The molecule has 0 spiro atoms. The maximum atomic E-state index is 13.3. The smallest absolute Gasteiger partial charge is 0.325 e. The van der Waals surface area contributed by atoms with Crippen LogP contribution in [-0.4, -0.2) is 20.9 Å². The zero-order valence-electron chi connectivity index (χ0n) is 16.7. The molecule has 0 saturated carbocycles. The molecular weight excluding hydrogens is 509 g/mol. The maximum Gasteiger partial charge on any atom is 0.416 e. The monoisotopic (exact) mass is 526 g/mol. The Morgan fingerprint density at radius 2 is 1.66 bits per heavy atom. The Balaban J connectivity index is 1.93.